The number of fused-ring (bicyclic) bond motifs is 1. The van der Waals surface area contributed by atoms with Gasteiger partial charge in [-0.2, -0.15) is 13.2 Å². The Kier molecular flexibility index (Phi) is 6.87. The van der Waals surface area contributed by atoms with Crippen molar-refractivity contribution in [3.05, 3.63) is 63.6 Å². The molecule has 1 saturated heterocycles. The molecule has 3 atom stereocenters. The van der Waals surface area contributed by atoms with Gasteiger partial charge in [-0.15, -0.1) is 0 Å². The van der Waals surface area contributed by atoms with Crippen molar-refractivity contribution < 1.29 is 22.7 Å². The van der Waals surface area contributed by atoms with Crippen molar-refractivity contribution in [1.82, 2.24) is 29.8 Å². The van der Waals surface area contributed by atoms with Crippen molar-refractivity contribution in [1.29, 1.82) is 0 Å². The summed E-state index contributed by atoms with van der Waals surface area (Å²) in [5, 5.41) is 2.74. The first-order valence-corrected chi connectivity index (χ1v) is 12.6. The molecule has 10 nitrogen and oxygen atoms in total. The number of aryl methyl sites for hydroxylation is 1. The number of likely N-dealkylation sites (tertiary alicyclic amines) is 1. The van der Waals surface area contributed by atoms with Crippen molar-refractivity contribution in [2.24, 2.45) is 5.92 Å². The Morgan fingerprint density at radius 3 is 2.56 bits per heavy atom. The molecule has 2 N–H and O–H groups in total. The number of pyridine rings is 1. The zero-order chi connectivity index (χ0) is 28.1. The summed E-state index contributed by atoms with van der Waals surface area (Å²) in [5.41, 5.74) is -1.23. The van der Waals surface area contributed by atoms with Gasteiger partial charge in [0.15, 0.2) is 11.3 Å². The number of anilines is 1. The zero-order valence-electron chi connectivity index (χ0n) is 21.7. The van der Waals surface area contributed by atoms with Gasteiger partial charge in [0.2, 0.25) is 5.95 Å². The van der Waals surface area contributed by atoms with Gasteiger partial charge in [-0.25, -0.2) is 19.9 Å². The Labute approximate surface area is 221 Å². The fourth-order valence-corrected chi connectivity index (χ4v) is 4.76. The fourth-order valence-electron chi connectivity index (χ4n) is 4.76. The molecule has 2 aliphatic rings. The van der Waals surface area contributed by atoms with E-state index in [2.05, 4.69) is 36.8 Å². The standard InChI is InChI=1S/C26H28F3N7O3/c1-12-10-36(11-13(2)20(12)39-17-5-6-17)24(38)16-8-30-25(31-9-16)32-14(3)18-7-19-22(33-15(4)34-23(19)37)35-21(18)26(27,28)29/h7-9,13-14,17,20H,1,5-6,10-11H2,2-4H3,(H,30,31,32)(H,33,34,35,37)/t13-,14?,20-/m0/s1. The summed E-state index contributed by atoms with van der Waals surface area (Å²) in [7, 11) is 0. The third kappa shape index (κ3) is 5.63. The van der Waals surface area contributed by atoms with Crippen molar-refractivity contribution in [3.63, 3.8) is 0 Å². The highest BCUT2D eigenvalue weighted by molar-refractivity contribution is 5.94. The lowest BCUT2D eigenvalue weighted by Crippen LogP contribution is -2.47. The number of hydrogen-bond donors (Lipinski definition) is 2. The lowest BCUT2D eigenvalue weighted by Gasteiger charge is -2.38. The summed E-state index contributed by atoms with van der Waals surface area (Å²) in [4.78, 5) is 45.4. The van der Waals surface area contributed by atoms with Gasteiger partial charge in [-0.1, -0.05) is 13.5 Å². The number of alkyl halides is 3. The molecule has 1 amide bonds. The number of halogens is 3. The summed E-state index contributed by atoms with van der Waals surface area (Å²) in [6.45, 7) is 9.92. The number of H-pyrrole nitrogens is 1. The molecular formula is C26H28F3N7O3. The van der Waals surface area contributed by atoms with Crippen LogP contribution in [0.1, 0.15) is 60.2 Å². The molecule has 1 unspecified atom stereocenters. The molecule has 2 fully saturated rings. The van der Waals surface area contributed by atoms with Crippen LogP contribution in [0.2, 0.25) is 0 Å². The van der Waals surface area contributed by atoms with Gasteiger partial charge < -0.3 is 19.9 Å². The predicted octanol–water partition coefficient (Wildman–Crippen LogP) is 3.80. The second-order valence-electron chi connectivity index (χ2n) is 10.2. The van der Waals surface area contributed by atoms with Crippen LogP contribution >= 0.6 is 0 Å². The molecule has 1 aliphatic carbocycles. The summed E-state index contributed by atoms with van der Waals surface area (Å²) < 4.78 is 47.6. The Morgan fingerprint density at radius 2 is 1.95 bits per heavy atom. The van der Waals surface area contributed by atoms with Gasteiger partial charge in [0.25, 0.3) is 11.5 Å². The van der Waals surface area contributed by atoms with Crippen molar-refractivity contribution >= 4 is 22.9 Å². The van der Waals surface area contributed by atoms with Gasteiger partial charge in [0, 0.05) is 37.0 Å². The normalized spacial score (nSPS) is 20.8. The fraction of sp³-hybridized carbons (Fsp3) is 0.462. The molecule has 0 bridgehead atoms. The SMILES string of the molecule is C=C1CN(C(=O)c2cnc(NC(C)c3cc4c(=O)[nH]c(C)nc4nc3C(F)(F)F)nc2)C[C@H](C)[C@H]1OC1CC1. The average molecular weight is 544 g/mol. The van der Waals surface area contributed by atoms with E-state index in [0.29, 0.717) is 13.1 Å². The van der Waals surface area contributed by atoms with Crippen LogP contribution < -0.4 is 10.9 Å². The summed E-state index contributed by atoms with van der Waals surface area (Å²) >= 11 is 0. The Hall–Kier alpha value is -3.87. The Bertz CT molecular complexity index is 1490. The van der Waals surface area contributed by atoms with Crippen molar-refractivity contribution in [2.45, 2.75) is 58.0 Å². The van der Waals surface area contributed by atoms with Crippen LogP contribution in [-0.4, -0.2) is 61.0 Å². The number of aromatic nitrogens is 5. The quantitative estimate of drug-likeness (QED) is 0.450. The maximum absolute atomic E-state index is 13.8. The van der Waals surface area contributed by atoms with E-state index < -0.39 is 23.5 Å². The molecule has 4 heterocycles. The van der Waals surface area contributed by atoms with Crippen LogP contribution in [0.5, 0.6) is 0 Å². The molecule has 0 spiro atoms. The maximum atomic E-state index is 13.8. The van der Waals surface area contributed by atoms with Crippen molar-refractivity contribution in [2.75, 3.05) is 18.4 Å². The molecule has 1 aliphatic heterocycles. The number of aromatic amines is 1. The van der Waals surface area contributed by atoms with E-state index in [4.69, 9.17) is 4.74 Å². The van der Waals surface area contributed by atoms with Gasteiger partial charge in [-0.05, 0) is 38.3 Å². The molecular weight excluding hydrogens is 515 g/mol. The van der Waals surface area contributed by atoms with Gasteiger partial charge in [0.05, 0.1) is 29.2 Å². The predicted molar refractivity (Wildman–Crippen MR) is 136 cm³/mol. The van der Waals surface area contributed by atoms with E-state index in [1.165, 1.54) is 26.2 Å². The second kappa shape index (κ2) is 10.0. The number of amides is 1. The minimum Gasteiger partial charge on any atom is -0.370 e. The minimum absolute atomic E-state index is 0.0116. The van der Waals surface area contributed by atoms with Crippen LogP contribution in [0.15, 0.2) is 35.4 Å². The van der Waals surface area contributed by atoms with E-state index >= 15 is 0 Å². The first kappa shape index (κ1) is 26.7. The lowest BCUT2D eigenvalue weighted by atomic mass is 9.92. The highest BCUT2D eigenvalue weighted by Gasteiger charge is 2.38. The zero-order valence-corrected chi connectivity index (χ0v) is 21.7. The number of hydrogen-bond acceptors (Lipinski definition) is 8. The van der Waals surface area contributed by atoms with E-state index in [0.717, 1.165) is 24.5 Å². The van der Waals surface area contributed by atoms with Crippen LogP contribution in [0, 0.1) is 12.8 Å². The largest absolute Gasteiger partial charge is 0.433 e. The monoisotopic (exact) mass is 543 g/mol. The smallest absolute Gasteiger partial charge is 0.370 e. The van der Waals surface area contributed by atoms with E-state index in [1.54, 1.807) is 4.90 Å². The van der Waals surface area contributed by atoms with Gasteiger partial charge in [0.1, 0.15) is 5.82 Å². The molecule has 39 heavy (non-hydrogen) atoms. The summed E-state index contributed by atoms with van der Waals surface area (Å²) in [6, 6.07) is 0.145. The number of piperidine rings is 1. The van der Waals surface area contributed by atoms with Crippen LogP contribution in [0.25, 0.3) is 11.0 Å². The number of ether oxygens (including phenoxy) is 1. The van der Waals surface area contributed by atoms with E-state index in [-0.39, 0.29) is 58.0 Å². The molecule has 0 radical (unpaired) electrons. The lowest BCUT2D eigenvalue weighted by molar-refractivity contribution is -0.141. The molecule has 3 aromatic rings. The number of carbonyl (C=O) groups excluding carboxylic acids is 1. The number of carbonyl (C=O) groups is 1. The van der Waals surface area contributed by atoms with Gasteiger partial charge >= 0.3 is 6.18 Å². The topological polar surface area (TPSA) is 126 Å². The number of nitrogens with one attached hydrogen (secondary N) is 2. The van der Waals surface area contributed by atoms with Crippen LogP contribution in [0.3, 0.4) is 0 Å². The Balaban J connectivity index is 1.32. The number of rotatable bonds is 6. The Morgan fingerprint density at radius 1 is 1.26 bits per heavy atom. The second-order valence-corrected chi connectivity index (χ2v) is 10.2. The third-order valence-electron chi connectivity index (χ3n) is 6.80. The number of nitrogens with zero attached hydrogens (tertiary/aromatic N) is 5. The minimum atomic E-state index is -4.78. The summed E-state index contributed by atoms with van der Waals surface area (Å²) in [6.07, 6.45) is 0.182. The van der Waals surface area contributed by atoms with Crippen molar-refractivity contribution in [3.8, 4) is 0 Å². The van der Waals surface area contributed by atoms with Crippen LogP contribution in [-0.2, 0) is 10.9 Å². The first-order valence-electron chi connectivity index (χ1n) is 12.6. The molecule has 0 aromatic carbocycles. The van der Waals surface area contributed by atoms with Gasteiger partial charge in [-0.3, -0.25) is 9.59 Å². The molecule has 5 rings (SSSR count). The van der Waals surface area contributed by atoms with Crippen LogP contribution in [0.4, 0.5) is 19.1 Å². The van der Waals surface area contributed by atoms with E-state index in [1.807, 2.05) is 6.92 Å². The van der Waals surface area contributed by atoms with E-state index in [9.17, 15) is 22.8 Å². The average Bonchev–Trinajstić information content (AvgIpc) is 3.69. The molecule has 13 heteroatoms. The maximum Gasteiger partial charge on any atom is 0.433 e. The summed E-state index contributed by atoms with van der Waals surface area (Å²) in [5.74, 6) is -0.0156. The molecule has 206 valence electrons. The highest BCUT2D eigenvalue weighted by atomic mass is 19.4. The third-order valence-corrected chi connectivity index (χ3v) is 6.80. The molecule has 1 saturated carbocycles. The highest BCUT2D eigenvalue weighted by Crippen LogP contribution is 2.35. The first-order chi connectivity index (χ1) is 18.4. The molecule has 3 aromatic heterocycles.